The number of pyridine rings is 1. The van der Waals surface area contributed by atoms with Crippen molar-refractivity contribution in [3.8, 4) is 0 Å². The van der Waals surface area contributed by atoms with E-state index in [0.29, 0.717) is 5.92 Å². The first kappa shape index (κ1) is 10.9. The minimum Gasteiger partial charge on any atom is -0.356 e. The van der Waals surface area contributed by atoms with E-state index in [9.17, 15) is 4.79 Å². The number of fused-ring (bicyclic) bond motifs is 1. The molecule has 1 aliphatic rings. The number of hydrogen-bond acceptors (Lipinski definition) is 3. The second kappa shape index (κ2) is 4.12. The molecule has 1 aliphatic heterocycles. The van der Waals surface area contributed by atoms with Crippen LogP contribution in [0.25, 0.3) is 0 Å². The Hall–Kier alpha value is -1.58. The van der Waals surface area contributed by atoms with E-state index in [1.807, 2.05) is 19.1 Å². The highest BCUT2D eigenvalue weighted by molar-refractivity contribution is 6.02. The number of carbonyl (C=O) groups excluding carboxylic acids is 1. The molecule has 2 atom stereocenters. The first-order valence-corrected chi connectivity index (χ1v) is 5.67. The summed E-state index contributed by atoms with van der Waals surface area (Å²) in [7, 11) is 0. The first-order valence-electron chi connectivity index (χ1n) is 5.67. The monoisotopic (exact) mass is 219 g/mol. The molecule has 86 valence electrons. The van der Waals surface area contributed by atoms with Crippen LogP contribution < -0.4 is 10.6 Å². The van der Waals surface area contributed by atoms with Crippen LogP contribution in [-0.2, 0) is 4.79 Å². The Balaban J connectivity index is 2.29. The summed E-state index contributed by atoms with van der Waals surface area (Å²) < 4.78 is 0. The highest BCUT2D eigenvalue weighted by atomic mass is 16.2. The Morgan fingerprint density at radius 3 is 2.94 bits per heavy atom. The number of nitrogens with zero attached hydrogens (tertiary/aromatic N) is 1. The molecule has 2 N–H and O–H groups in total. The average molecular weight is 219 g/mol. The van der Waals surface area contributed by atoms with Crippen molar-refractivity contribution in [2.75, 3.05) is 10.6 Å². The van der Waals surface area contributed by atoms with Gasteiger partial charge in [-0.15, -0.1) is 0 Å². The van der Waals surface area contributed by atoms with Gasteiger partial charge in [-0.25, -0.2) is 4.98 Å². The lowest BCUT2D eigenvalue weighted by Gasteiger charge is -2.29. The van der Waals surface area contributed by atoms with Crippen molar-refractivity contribution in [2.24, 2.45) is 5.92 Å². The topological polar surface area (TPSA) is 54.0 Å². The number of nitrogens with one attached hydrogen (secondary N) is 2. The molecule has 0 saturated carbocycles. The third-order valence-electron chi connectivity index (χ3n) is 3.08. The fraction of sp³-hybridized carbons (Fsp3) is 0.500. The molecule has 1 aromatic rings. The van der Waals surface area contributed by atoms with Crippen molar-refractivity contribution < 1.29 is 4.79 Å². The average Bonchev–Trinajstić information content (AvgIpc) is 2.28. The Kier molecular flexibility index (Phi) is 2.81. The maximum atomic E-state index is 11.8. The highest BCUT2D eigenvalue weighted by Crippen LogP contribution is 2.27. The molecule has 16 heavy (non-hydrogen) atoms. The fourth-order valence-corrected chi connectivity index (χ4v) is 1.83. The molecular formula is C12H17N3O. The number of carbonyl (C=O) groups is 1. The lowest BCUT2D eigenvalue weighted by molar-refractivity contribution is -0.118. The van der Waals surface area contributed by atoms with Gasteiger partial charge in [0.15, 0.2) is 5.82 Å². The van der Waals surface area contributed by atoms with Gasteiger partial charge in [0.05, 0.1) is 5.69 Å². The maximum absolute atomic E-state index is 11.8. The summed E-state index contributed by atoms with van der Waals surface area (Å²) in [4.78, 5) is 16.2. The number of amides is 1. The molecule has 4 nitrogen and oxygen atoms in total. The summed E-state index contributed by atoms with van der Waals surface area (Å²) >= 11 is 0. The second-order valence-electron chi connectivity index (χ2n) is 4.35. The zero-order valence-corrected chi connectivity index (χ0v) is 9.87. The second-order valence-corrected chi connectivity index (χ2v) is 4.35. The molecule has 0 fully saturated rings. The smallest absolute Gasteiger partial charge is 0.247 e. The third kappa shape index (κ3) is 1.87. The van der Waals surface area contributed by atoms with E-state index < -0.39 is 0 Å². The Morgan fingerprint density at radius 2 is 2.25 bits per heavy atom. The van der Waals surface area contributed by atoms with Gasteiger partial charge >= 0.3 is 0 Å². The molecule has 0 aliphatic carbocycles. The van der Waals surface area contributed by atoms with Crippen molar-refractivity contribution in [2.45, 2.75) is 33.2 Å². The van der Waals surface area contributed by atoms with Gasteiger partial charge in [-0.3, -0.25) is 4.79 Å². The SMILES string of the molecule is CCC(C)C1Nc2nc(C)ccc2NC1=O. The van der Waals surface area contributed by atoms with Crippen LogP contribution in [-0.4, -0.2) is 16.9 Å². The predicted molar refractivity (Wildman–Crippen MR) is 64.5 cm³/mol. The van der Waals surface area contributed by atoms with Crippen molar-refractivity contribution in [1.82, 2.24) is 4.98 Å². The highest BCUT2D eigenvalue weighted by Gasteiger charge is 2.29. The molecule has 1 aromatic heterocycles. The zero-order valence-electron chi connectivity index (χ0n) is 9.87. The van der Waals surface area contributed by atoms with E-state index in [2.05, 4.69) is 29.5 Å². The molecule has 0 bridgehead atoms. The van der Waals surface area contributed by atoms with E-state index in [1.54, 1.807) is 0 Å². The molecule has 2 rings (SSSR count). The third-order valence-corrected chi connectivity index (χ3v) is 3.08. The number of hydrogen-bond donors (Lipinski definition) is 2. The lowest BCUT2D eigenvalue weighted by atomic mass is 9.97. The van der Waals surface area contributed by atoms with Gasteiger partial charge in [0, 0.05) is 5.69 Å². The molecule has 0 aromatic carbocycles. The van der Waals surface area contributed by atoms with Crippen LogP contribution in [0.3, 0.4) is 0 Å². The van der Waals surface area contributed by atoms with E-state index in [4.69, 9.17) is 0 Å². The van der Waals surface area contributed by atoms with Crippen molar-refractivity contribution in [1.29, 1.82) is 0 Å². The van der Waals surface area contributed by atoms with E-state index in [-0.39, 0.29) is 11.9 Å². The Bertz CT molecular complexity index is 417. The van der Waals surface area contributed by atoms with E-state index in [1.165, 1.54) is 0 Å². The molecule has 4 heteroatoms. The molecule has 2 unspecified atom stereocenters. The van der Waals surface area contributed by atoms with E-state index in [0.717, 1.165) is 23.6 Å². The van der Waals surface area contributed by atoms with Crippen LogP contribution in [0, 0.1) is 12.8 Å². The molecule has 0 saturated heterocycles. The van der Waals surface area contributed by atoms with Gasteiger partial charge in [0.1, 0.15) is 6.04 Å². The molecular weight excluding hydrogens is 202 g/mol. The van der Waals surface area contributed by atoms with Gasteiger partial charge in [-0.1, -0.05) is 20.3 Å². The molecule has 0 spiro atoms. The molecule has 2 heterocycles. The van der Waals surface area contributed by atoms with Crippen LogP contribution in [0.1, 0.15) is 26.0 Å². The summed E-state index contributed by atoms with van der Waals surface area (Å²) in [6.07, 6.45) is 0.965. The van der Waals surface area contributed by atoms with Crippen molar-refractivity contribution in [3.05, 3.63) is 17.8 Å². The maximum Gasteiger partial charge on any atom is 0.247 e. The summed E-state index contributed by atoms with van der Waals surface area (Å²) in [5.41, 5.74) is 1.72. The first-order chi connectivity index (χ1) is 7.61. The minimum absolute atomic E-state index is 0.0347. The van der Waals surface area contributed by atoms with Crippen LogP contribution >= 0.6 is 0 Å². The summed E-state index contributed by atoms with van der Waals surface area (Å²) in [6, 6.07) is 3.60. The summed E-state index contributed by atoms with van der Waals surface area (Å²) in [5, 5.41) is 6.10. The number of rotatable bonds is 2. The van der Waals surface area contributed by atoms with Gasteiger partial charge in [-0.2, -0.15) is 0 Å². The van der Waals surface area contributed by atoms with Gasteiger partial charge in [0.2, 0.25) is 5.91 Å². The normalized spacial score (nSPS) is 20.7. The van der Waals surface area contributed by atoms with Crippen LogP contribution in [0.2, 0.25) is 0 Å². The predicted octanol–water partition coefficient (Wildman–Crippen LogP) is 2.17. The van der Waals surface area contributed by atoms with Gasteiger partial charge in [0.25, 0.3) is 0 Å². The van der Waals surface area contributed by atoms with Gasteiger partial charge < -0.3 is 10.6 Å². The Morgan fingerprint density at radius 1 is 1.50 bits per heavy atom. The van der Waals surface area contributed by atoms with E-state index >= 15 is 0 Å². The fourth-order valence-electron chi connectivity index (χ4n) is 1.83. The lowest BCUT2D eigenvalue weighted by Crippen LogP contribution is -2.43. The summed E-state index contributed by atoms with van der Waals surface area (Å²) in [5.74, 6) is 1.12. The number of aryl methyl sites for hydroxylation is 1. The van der Waals surface area contributed by atoms with Crippen LogP contribution in [0.5, 0.6) is 0 Å². The quantitative estimate of drug-likeness (QED) is 0.801. The number of anilines is 2. The van der Waals surface area contributed by atoms with Crippen molar-refractivity contribution in [3.63, 3.8) is 0 Å². The number of aromatic nitrogens is 1. The Labute approximate surface area is 95.5 Å². The van der Waals surface area contributed by atoms with Crippen LogP contribution in [0.15, 0.2) is 12.1 Å². The zero-order chi connectivity index (χ0) is 11.7. The largest absolute Gasteiger partial charge is 0.356 e. The van der Waals surface area contributed by atoms with Gasteiger partial charge in [-0.05, 0) is 25.0 Å². The molecule has 0 radical (unpaired) electrons. The van der Waals surface area contributed by atoms with Crippen molar-refractivity contribution >= 4 is 17.4 Å². The van der Waals surface area contributed by atoms with Crippen LogP contribution in [0.4, 0.5) is 11.5 Å². The standard InChI is InChI=1S/C12H17N3O/c1-4-7(2)10-12(16)14-9-6-5-8(3)13-11(9)15-10/h5-7,10H,4H2,1-3H3,(H,13,15)(H,14,16). The summed E-state index contributed by atoms with van der Waals surface area (Å²) in [6.45, 7) is 6.09. The molecule has 1 amide bonds. The minimum atomic E-state index is -0.174.